The van der Waals surface area contributed by atoms with Crippen LogP contribution in [0.1, 0.15) is 41.7 Å². The molecule has 0 saturated heterocycles. The van der Waals surface area contributed by atoms with Gasteiger partial charge < -0.3 is 11.1 Å². The summed E-state index contributed by atoms with van der Waals surface area (Å²) in [6.45, 7) is 2.48. The van der Waals surface area contributed by atoms with Gasteiger partial charge in [-0.2, -0.15) is 0 Å². The largest absolute Gasteiger partial charge is 0.345 e. The number of nitrogens with two attached hydrogens (primary N) is 1. The quantitative estimate of drug-likeness (QED) is 0.911. The first-order valence-corrected chi connectivity index (χ1v) is 8.55. The SMILES string of the molecule is Cc1csc(-c2cccc(C(=O)NC3(CN)CCCC3)c2)n1. The van der Waals surface area contributed by atoms with Crippen molar-refractivity contribution >= 4 is 17.2 Å². The number of benzene rings is 1. The van der Waals surface area contributed by atoms with Gasteiger partial charge in [0.05, 0.1) is 5.54 Å². The highest BCUT2D eigenvalue weighted by Crippen LogP contribution is 2.29. The zero-order valence-electron chi connectivity index (χ0n) is 12.8. The van der Waals surface area contributed by atoms with Gasteiger partial charge in [0.2, 0.25) is 0 Å². The number of carbonyl (C=O) groups is 1. The molecule has 1 heterocycles. The molecule has 1 aliphatic carbocycles. The number of nitrogens with zero attached hydrogens (tertiary/aromatic N) is 1. The zero-order valence-corrected chi connectivity index (χ0v) is 13.6. The number of aromatic nitrogens is 1. The molecule has 1 aromatic heterocycles. The first-order valence-electron chi connectivity index (χ1n) is 7.67. The zero-order chi connectivity index (χ0) is 15.6. The van der Waals surface area contributed by atoms with Crippen LogP contribution in [0.5, 0.6) is 0 Å². The van der Waals surface area contributed by atoms with Crippen LogP contribution in [0.15, 0.2) is 29.6 Å². The number of amides is 1. The monoisotopic (exact) mass is 315 g/mol. The molecule has 1 saturated carbocycles. The number of hydrogen-bond acceptors (Lipinski definition) is 4. The van der Waals surface area contributed by atoms with E-state index in [1.54, 1.807) is 11.3 Å². The molecule has 0 unspecified atom stereocenters. The van der Waals surface area contributed by atoms with Crippen LogP contribution in [0.3, 0.4) is 0 Å². The van der Waals surface area contributed by atoms with Crippen molar-refractivity contribution in [2.75, 3.05) is 6.54 Å². The normalized spacial score (nSPS) is 16.6. The molecule has 22 heavy (non-hydrogen) atoms. The van der Waals surface area contributed by atoms with Crippen LogP contribution in [0.4, 0.5) is 0 Å². The summed E-state index contributed by atoms with van der Waals surface area (Å²) in [7, 11) is 0. The van der Waals surface area contributed by atoms with Crippen LogP contribution in [0.25, 0.3) is 10.6 Å². The Morgan fingerprint density at radius 2 is 2.18 bits per heavy atom. The van der Waals surface area contributed by atoms with Crippen LogP contribution >= 0.6 is 11.3 Å². The van der Waals surface area contributed by atoms with Gasteiger partial charge in [-0.05, 0) is 31.9 Å². The molecule has 1 fully saturated rings. The van der Waals surface area contributed by atoms with Gasteiger partial charge in [0.15, 0.2) is 0 Å². The molecule has 116 valence electrons. The average molecular weight is 315 g/mol. The smallest absolute Gasteiger partial charge is 0.251 e. The molecule has 0 spiro atoms. The van der Waals surface area contributed by atoms with Gasteiger partial charge in [0, 0.05) is 28.7 Å². The second kappa shape index (κ2) is 6.18. The molecule has 4 nitrogen and oxygen atoms in total. The van der Waals surface area contributed by atoms with Crippen molar-refractivity contribution in [1.29, 1.82) is 0 Å². The molecule has 0 radical (unpaired) electrons. The van der Waals surface area contributed by atoms with E-state index in [0.717, 1.165) is 41.9 Å². The van der Waals surface area contributed by atoms with Crippen LogP contribution in [0, 0.1) is 6.92 Å². The summed E-state index contributed by atoms with van der Waals surface area (Å²) in [5.41, 5.74) is 8.34. The third kappa shape index (κ3) is 3.05. The molecule has 1 aliphatic rings. The lowest BCUT2D eigenvalue weighted by atomic mass is 9.97. The minimum Gasteiger partial charge on any atom is -0.345 e. The number of aryl methyl sites for hydroxylation is 1. The highest BCUT2D eigenvalue weighted by Gasteiger charge is 2.34. The van der Waals surface area contributed by atoms with Crippen molar-refractivity contribution in [3.63, 3.8) is 0 Å². The topological polar surface area (TPSA) is 68.0 Å². The molecular formula is C17H21N3OS. The summed E-state index contributed by atoms with van der Waals surface area (Å²) < 4.78 is 0. The van der Waals surface area contributed by atoms with Crippen molar-refractivity contribution in [1.82, 2.24) is 10.3 Å². The lowest BCUT2D eigenvalue weighted by molar-refractivity contribution is 0.0903. The Morgan fingerprint density at radius 1 is 1.41 bits per heavy atom. The fourth-order valence-corrected chi connectivity index (χ4v) is 3.82. The molecule has 3 N–H and O–H groups in total. The van der Waals surface area contributed by atoms with Gasteiger partial charge >= 0.3 is 0 Å². The van der Waals surface area contributed by atoms with Crippen LogP contribution in [0.2, 0.25) is 0 Å². The van der Waals surface area contributed by atoms with Gasteiger partial charge in [0.25, 0.3) is 5.91 Å². The van der Waals surface area contributed by atoms with Crippen molar-refractivity contribution in [3.8, 4) is 10.6 Å². The predicted molar refractivity (Wildman–Crippen MR) is 90.0 cm³/mol. The van der Waals surface area contributed by atoms with E-state index in [9.17, 15) is 4.79 Å². The number of nitrogens with one attached hydrogen (secondary N) is 1. The summed E-state index contributed by atoms with van der Waals surface area (Å²) >= 11 is 1.60. The molecule has 5 heteroatoms. The Bertz CT molecular complexity index is 674. The third-order valence-electron chi connectivity index (χ3n) is 4.32. The minimum absolute atomic E-state index is 0.0394. The van der Waals surface area contributed by atoms with E-state index in [1.807, 2.05) is 36.6 Å². The number of rotatable bonds is 4. The molecule has 1 aromatic carbocycles. The van der Waals surface area contributed by atoms with E-state index < -0.39 is 0 Å². The van der Waals surface area contributed by atoms with E-state index in [2.05, 4.69) is 10.3 Å². The van der Waals surface area contributed by atoms with Gasteiger partial charge in [-0.25, -0.2) is 4.98 Å². The first-order chi connectivity index (χ1) is 10.6. The van der Waals surface area contributed by atoms with Crippen molar-refractivity contribution in [3.05, 3.63) is 40.9 Å². The molecule has 3 rings (SSSR count). The fraction of sp³-hybridized carbons (Fsp3) is 0.412. The second-order valence-electron chi connectivity index (χ2n) is 6.02. The molecular weight excluding hydrogens is 294 g/mol. The van der Waals surface area contributed by atoms with Crippen LogP contribution in [-0.2, 0) is 0 Å². The summed E-state index contributed by atoms with van der Waals surface area (Å²) in [6.07, 6.45) is 4.22. The lowest BCUT2D eigenvalue weighted by Gasteiger charge is -2.28. The van der Waals surface area contributed by atoms with Crippen molar-refractivity contribution in [2.45, 2.75) is 38.1 Å². The van der Waals surface area contributed by atoms with E-state index in [0.29, 0.717) is 12.1 Å². The highest BCUT2D eigenvalue weighted by atomic mass is 32.1. The van der Waals surface area contributed by atoms with Gasteiger partial charge in [-0.1, -0.05) is 25.0 Å². The maximum absolute atomic E-state index is 12.6. The standard InChI is InChI=1S/C17H21N3OS/c1-12-10-22-16(19-12)14-6-4-5-13(9-14)15(21)20-17(11-18)7-2-3-8-17/h4-6,9-10H,2-3,7-8,11,18H2,1H3,(H,20,21). The Morgan fingerprint density at radius 3 is 2.82 bits per heavy atom. The molecule has 2 aromatic rings. The van der Waals surface area contributed by atoms with Crippen LogP contribution < -0.4 is 11.1 Å². The molecule has 0 bridgehead atoms. The van der Waals surface area contributed by atoms with Gasteiger partial charge in [0.1, 0.15) is 5.01 Å². The minimum atomic E-state index is -0.217. The maximum atomic E-state index is 12.6. The Labute approximate surface area is 134 Å². The molecule has 0 aliphatic heterocycles. The van der Waals surface area contributed by atoms with Crippen LogP contribution in [-0.4, -0.2) is 23.0 Å². The molecule has 0 atom stereocenters. The number of hydrogen-bond donors (Lipinski definition) is 2. The summed E-state index contributed by atoms with van der Waals surface area (Å²) in [5, 5.41) is 6.13. The maximum Gasteiger partial charge on any atom is 0.251 e. The Hall–Kier alpha value is -1.72. The Balaban J connectivity index is 1.81. The van der Waals surface area contributed by atoms with E-state index in [1.165, 1.54) is 0 Å². The summed E-state index contributed by atoms with van der Waals surface area (Å²) in [6, 6.07) is 7.65. The number of carbonyl (C=O) groups excluding carboxylic acids is 1. The van der Waals surface area contributed by atoms with E-state index in [4.69, 9.17) is 5.73 Å². The van der Waals surface area contributed by atoms with Crippen molar-refractivity contribution < 1.29 is 4.79 Å². The number of thiazole rings is 1. The van der Waals surface area contributed by atoms with E-state index >= 15 is 0 Å². The highest BCUT2D eigenvalue weighted by molar-refractivity contribution is 7.13. The van der Waals surface area contributed by atoms with E-state index in [-0.39, 0.29) is 11.4 Å². The lowest BCUT2D eigenvalue weighted by Crippen LogP contribution is -2.51. The Kier molecular flexibility index (Phi) is 4.27. The third-order valence-corrected chi connectivity index (χ3v) is 5.33. The molecule has 1 amide bonds. The van der Waals surface area contributed by atoms with Gasteiger partial charge in [-0.3, -0.25) is 4.79 Å². The van der Waals surface area contributed by atoms with Crippen molar-refractivity contribution in [2.24, 2.45) is 5.73 Å². The predicted octanol–water partition coefficient (Wildman–Crippen LogP) is 3.12. The first kappa shape index (κ1) is 15.2. The average Bonchev–Trinajstić information content (AvgIpc) is 3.17. The second-order valence-corrected chi connectivity index (χ2v) is 6.88. The summed E-state index contributed by atoms with van der Waals surface area (Å²) in [4.78, 5) is 17.1. The fourth-order valence-electron chi connectivity index (χ4n) is 3.02. The summed E-state index contributed by atoms with van der Waals surface area (Å²) in [5.74, 6) is -0.0394. The van der Waals surface area contributed by atoms with Gasteiger partial charge in [-0.15, -0.1) is 11.3 Å².